The minimum Gasteiger partial charge on any atom is -0.470 e. The fourth-order valence-corrected chi connectivity index (χ4v) is 4.96. The zero-order valence-electron chi connectivity index (χ0n) is 31.0. The first-order valence-corrected chi connectivity index (χ1v) is 17.2. The number of ether oxygens (including phenoxy) is 8. The van der Waals surface area contributed by atoms with E-state index in [0.717, 1.165) is 25.6 Å². The molecule has 2 rings (SSSR count). The molecule has 0 unspecified atom stereocenters. The molecule has 0 N–H and O–H groups in total. The van der Waals surface area contributed by atoms with Crippen LogP contribution in [0.15, 0.2) is 0 Å². The molecule has 0 aromatic carbocycles. The lowest BCUT2D eigenvalue weighted by atomic mass is 10.1. The van der Waals surface area contributed by atoms with Crippen molar-refractivity contribution in [3.05, 3.63) is 0 Å². The van der Waals surface area contributed by atoms with Gasteiger partial charge in [-0.25, -0.2) is 24.0 Å². The molecule has 1 aliphatic rings. The minimum absolute atomic E-state index is 0.0661. The number of nitrogens with zero attached hydrogens (tertiary/aromatic N) is 4. The van der Waals surface area contributed by atoms with Crippen molar-refractivity contribution in [2.75, 3.05) is 44.4 Å². The van der Waals surface area contributed by atoms with Crippen molar-refractivity contribution in [2.45, 2.75) is 111 Å². The SMILES string of the molecule is CC(=O)O[C@@H](C)C(=O)O[C@@H](C)C(=O)O[C@@H](C)C(=O)O[C@@H](C)C(=O)O[C@@H](C)C(=O)O[C@H](COc1nsnc1N1CCOCC1)CN(C(C)=O)C(C)(C)C. The molecule has 0 saturated carbocycles. The molecule has 0 spiro atoms. The average Bonchev–Trinajstić information content (AvgIpc) is 3.53. The Bertz CT molecular complexity index is 1420. The third-order valence-electron chi connectivity index (χ3n) is 7.19. The Morgan fingerprint density at radius 3 is 1.54 bits per heavy atom. The van der Waals surface area contributed by atoms with Gasteiger partial charge in [-0.3, -0.25) is 9.59 Å². The van der Waals surface area contributed by atoms with E-state index in [1.165, 1.54) is 39.5 Å². The van der Waals surface area contributed by atoms with Crippen LogP contribution in [0.5, 0.6) is 5.88 Å². The van der Waals surface area contributed by atoms with Gasteiger partial charge < -0.3 is 47.7 Å². The fraction of sp³-hybridized carbons (Fsp3) is 0.719. The number of amides is 1. The van der Waals surface area contributed by atoms with Crippen LogP contribution in [0.2, 0.25) is 0 Å². The summed E-state index contributed by atoms with van der Waals surface area (Å²) in [6, 6.07) is 0. The molecule has 1 amide bonds. The molecule has 1 aliphatic heterocycles. The van der Waals surface area contributed by atoms with Crippen LogP contribution in [-0.4, -0.2) is 137 Å². The van der Waals surface area contributed by atoms with Gasteiger partial charge in [-0.2, -0.15) is 4.37 Å². The van der Waals surface area contributed by atoms with Crippen molar-refractivity contribution in [3.8, 4) is 5.88 Å². The second-order valence-electron chi connectivity index (χ2n) is 12.7. The fourth-order valence-electron chi connectivity index (χ4n) is 4.44. The Morgan fingerprint density at radius 2 is 1.13 bits per heavy atom. The lowest BCUT2D eigenvalue weighted by Crippen LogP contribution is -2.50. The van der Waals surface area contributed by atoms with Crippen molar-refractivity contribution >= 4 is 59.3 Å². The molecule has 0 radical (unpaired) electrons. The van der Waals surface area contributed by atoms with Crippen molar-refractivity contribution in [1.29, 1.82) is 0 Å². The van der Waals surface area contributed by atoms with Crippen molar-refractivity contribution in [2.24, 2.45) is 0 Å². The number of morpholine rings is 1. The van der Waals surface area contributed by atoms with Crippen LogP contribution in [0.3, 0.4) is 0 Å². The molecule has 0 aliphatic carbocycles. The largest absolute Gasteiger partial charge is 0.470 e. The number of carbonyl (C=O) groups excluding carboxylic acids is 7. The van der Waals surface area contributed by atoms with E-state index in [1.807, 2.05) is 25.7 Å². The van der Waals surface area contributed by atoms with E-state index < -0.39 is 78.0 Å². The molecule has 0 bridgehead atoms. The molecule has 6 atom stereocenters. The van der Waals surface area contributed by atoms with Gasteiger partial charge in [-0.15, -0.1) is 4.37 Å². The highest BCUT2D eigenvalue weighted by atomic mass is 32.1. The molecule has 19 nitrogen and oxygen atoms in total. The summed E-state index contributed by atoms with van der Waals surface area (Å²) >= 11 is 0.948. The van der Waals surface area contributed by atoms with Gasteiger partial charge in [-0.1, -0.05) is 0 Å². The van der Waals surface area contributed by atoms with Crippen molar-refractivity contribution in [1.82, 2.24) is 13.6 Å². The maximum atomic E-state index is 13.1. The van der Waals surface area contributed by atoms with E-state index in [2.05, 4.69) is 13.5 Å². The second kappa shape index (κ2) is 19.9. The number of anilines is 1. The molecule has 1 saturated heterocycles. The van der Waals surface area contributed by atoms with Crippen LogP contribution in [0.25, 0.3) is 0 Å². The minimum atomic E-state index is -1.55. The van der Waals surface area contributed by atoms with Crippen LogP contribution >= 0.6 is 11.7 Å². The summed E-state index contributed by atoms with van der Waals surface area (Å²) in [5.74, 6) is -5.65. The molecule has 2 heterocycles. The third kappa shape index (κ3) is 13.9. The van der Waals surface area contributed by atoms with E-state index in [-0.39, 0.29) is 24.9 Å². The van der Waals surface area contributed by atoms with Gasteiger partial charge in [-0.05, 0) is 55.4 Å². The number of aromatic nitrogens is 2. The first-order valence-electron chi connectivity index (χ1n) is 16.5. The number of esters is 6. The van der Waals surface area contributed by atoms with E-state index in [9.17, 15) is 33.6 Å². The average molecular weight is 761 g/mol. The van der Waals surface area contributed by atoms with Crippen molar-refractivity contribution < 1.29 is 71.5 Å². The molecular weight excluding hydrogens is 712 g/mol. The smallest absolute Gasteiger partial charge is 0.347 e. The van der Waals surface area contributed by atoms with E-state index in [1.54, 1.807) is 0 Å². The number of rotatable bonds is 17. The monoisotopic (exact) mass is 760 g/mol. The summed E-state index contributed by atoms with van der Waals surface area (Å²) in [5, 5.41) is 0. The van der Waals surface area contributed by atoms with Crippen LogP contribution in [0.4, 0.5) is 5.82 Å². The highest BCUT2D eigenvalue weighted by Gasteiger charge is 2.34. The summed E-state index contributed by atoms with van der Waals surface area (Å²) < 4.78 is 50.3. The summed E-state index contributed by atoms with van der Waals surface area (Å²) in [7, 11) is 0. The van der Waals surface area contributed by atoms with Gasteiger partial charge >= 0.3 is 35.8 Å². The first-order chi connectivity index (χ1) is 24.2. The second-order valence-corrected chi connectivity index (χ2v) is 13.3. The Kier molecular flexibility index (Phi) is 16.6. The zero-order valence-corrected chi connectivity index (χ0v) is 31.8. The van der Waals surface area contributed by atoms with E-state index in [4.69, 9.17) is 33.2 Å². The molecule has 292 valence electrons. The molecule has 1 aromatic rings. The van der Waals surface area contributed by atoms with Crippen molar-refractivity contribution in [3.63, 3.8) is 0 Å². The molecular formula is C32H48N4O15S. The van der Waals surface area contributed by atoms with Crippen LogP contribution in [-0.2, 0) is 66.7 Å². The number of hydrogen-bond acceptors (Lipinski definition) is 19. The maximum Gasteiger partial charge on any atom is 0.347 e. The lowest BCUT2D eigenvalue weighted by Gasteiger charge is -2.37. The molecule has 20 heteroatoms. The number of carbonyl (C=O) groups is 7. The van der Waals surface area contributed by atoms with Gasteiger partial charge in [0.15, 0.2) is 36.6 Å². The highest BCUT2D eigenvalue weighted by molar-refractivity contribution is 6.99. The Labute approximate surface area is 305 Å². The van der Waals surface area contributed by atoms with Gasteiger partial charge in [0, 0.05) is 32.5 Å². The quantitative estimate of drug-likeness (QED) is 0.159. The predicted molar refractivity (Wildman–Crippen MR) is 179 cm³/mol. The predicted octanol–water partition coefficient (Wildman–Crippen LogP) is 0.991. The van der Waals surface area contributed by atoms with E-state index in [0.29, 0.717) is 32.1 Å². The first kappa shape index (κ1) is 43.6. The molecule has 1 aromatic heterocycles. The Balaban J connectivity index is 1.99. The van der Waals surface area contributed by atoms with Gasteiger partial charge in [0.1, 0.15) is 6.61 Å². The summed E-state index contributed by atoms with van der Waals surface area (Å²) in [5.41, 5.74) is -0.646. The summed E-state index contributed by atoms with van der Waals surface area (Å²) in [6.45, 7) is 15.8. The molecule has 1 fully saturated rings. The van der Waals surface area contributed by atoms with Gasteiger partial charge in [0.25, 0.3) is 5.88 Å². The van der Waals surface area contributed by atoms with E-state index >= 15 is 0 Å². The van der Waals surface area contributed by atoms with Gasteiger partial charge in [0.05, 0.1) is 31.5 Å². The standard InChI is InChI=1S/C32H48N4O15S/c1-17(46-23(7)38)27(39)47-18(2)28(40)48-19(3)29(41)49-20(4)30(42)50-21(5)31(43)51-24(15-36(22(6)37)32(8,9)10)16-45-26-25(33-52-34-26)35-11-13-44-14-12-35/h17-21,24H,11-16H2,1-10H3/t17-,18-,19-,20-,21-,24-/m0/s1. The van der Waals surface area contributed by atoms with Crippen LogP contribution in [0.1, 0.15) is 69.2 Å². The Hall–Kier alpha value is -4.59. The third-order valence-corrected chi connectivity index (χ3v) is 7.69. The number of hydrogen-bond donors (Lipinski definition) is 0. The summed E-state index contributed by atoms with van der Waals surface area (Å²) in [6.07, 6.45) is -8.36. The zero-order chi connectivity index (χ0) is 39.3. The summed E-state index contributed by atoms with van der Waals surface area (Å²) in [4.78, 5) is 89.7. The lowest BCUT2D eigenvalue weighted by molar-refractivity contribution is -0.187. The topological polar surface area (TPSA) is 226 Å². The highest BCUT2D eigenvalue weighted by Crippen LogP contribution is 2.27. The Morgan fingerprint density at radius 1 is 0.712 bits per heavy atom. The maximum absolute atomic E-state index is 13.1. The molecule has 52 heavy (non-hydrogen) atoms. The van der Waals surface area contributed by atoms with Crippen LogP contribution in [0, 0.1) is 0 Å². The van der Waals surface area contributed by atoms with Gasteiger partial charge in [0.2, 0.25) is 11.7 Å². The normalized spacial score (nSPS) is 16.5. The van der Waals surface area contributed by atoms with Crippen LogP contribution < -0.4 is 9.64 Å².